The minimum Gasteiger partial charge on any atom is -0.307 e. The summed E-state index contributed by atoms with van der Waals surface area (Å²) in [6, 6.07) is 6.75. The van der Waals surface area contributed by atoms with Crippen molar-refractivity contribution in [1.29, 1.82) is 0 Å². The van der Waals surface area contributed by atoms with E-state index in [1.807, 2.05) is 24.4 Å². The van der Waals surface area contributed by atoms with Gasteiger partial charge in [0.05, 0.1) is 5.69 Å². The Kier molecular flexibility index (Phi) is 3.79. The third-order valence-electron chi connectivity index (χ3n) is 3.39. The summed E-state index contributed by atoms with van der Waals surface area (Å²) in [6.07, 6.45) is 6.55. The second-order valence-electron chi connectivity index (χ2n) is 4.58. The molecule has 92 valence electrons. The van der Waals surface area contributed by atoms with Crippen LogP contribution >= 0.6 is 0 Å². The summed E-state index contributed by atoms with van der Waals surface area (Å²) >= 11 is 0. The van der Waals surface area contributed by atoms with Gasteiger partial charge in [-0.2, -0.15) is 0 Å². The SMILES string of the molecule is CCC(CC)N(C)Cc1cn2ccccc2n1. The van der Waals surface area contributed by atoms with Crippen LogP contribution < -0.4 is 0 Å². The van der Waals surface area contributed by atoms with Gasteiger partial charge in [0.2, 0.25) is 0 Å². The van der Waals surface area contributed by atoms with E-state index in [4.69, 9.17) is 0 Å². The Balaban J connectivity index is 2.12. The number of nitrogens with zero attached hydrogens (tertiary/aromatic N) is 3. The van der Waals surface area contributed by atoms with E-state index in [-0.39, 0.29) is 0 Å². The minimum absolute atomic E-state index is 0.653. The summed E-state index contributed by atoms with van der Waals surface area (Å²) < 4.78 is 2.08. The first-order chi connectivity index (χ1) is 8.24. The Morgan fingerprint density at radius 1 is 1.29 bits per heavy atom. The first-order valence-corrected chi connectivity index (χ1v) is 6.37. The molecule has 3 heteroatoms. The van der Waals surface area contributed by atoms with Gasteiger partial charge in [-0.3, -0.25) is 4.90 Å². The summed E-state index contributed by atoms with van der Waals surface area (Å²) in [6.45, 7) is 5.41. The molecule has 0 saturated carbocycles. The zero-order chi connectivity index (χ0) is 12.3. The number of rotatable bonds is 5. The van der Waals surface area contributed by atoms with Gasteiger partial charge in [-0.25, -0.2) is 4.98 Å². The van der Waals surface area contributed by atoms with Gasteiger partial charge in [-0.05, 0) is 32.0 Å². The van der Waals surface area contributed by atoms with E-state index in [1.54, 1.807) is 0 Å². The van der Waals surface area contributed by atoms with E-state index in [1.165, 1.54) is 12.8 Å². The van der Waals surface area contributed by atoms with Gasteiger partial charge in [0.25, 0.3) is 0 Å². The quantitative estimate of drug-likeness (QED) is 0.788. The Morgan fingerprint density at radius 3 is 2.71 bits per heavy atom. The minimum atomic E-state index is 0.653. The smallest absolute Gasteiger partial charge is 0.137 e. The maximum absolute atomic E-state index is 4.62. The summed E-state index contributed by atoms with van der Waals surface area (Å²) in [5.41, 5.74) is 2.17. The van der Waals surface area contributed by atoms with Crippen molar-refractivity contribution in [2.75, 3.05) is 7.05 Å². The van der Waals surface area contributed by atoms with Crippen LogP contribution in [-0.4, -0.2) is 27.4 Å². The van der Waals surface area contributed by atoms with Gasteiger partial charge in [0, 0.05) is 25.0 Å². The van der Waals surface area contributed by atoms with Crippen LogP contribution in [0.25, 0.3) is 5.65 Å². The summed E-state index contributed by atoms with van der Waals surface area (Å²) in [4.78, 5) is 7.02. The van der Waals surface area contributed by atoms with Crippen molar-refractivity contribution in [1.82, 2.24) is 14.3 Å². The lowest BCUT2D eigenvalue weighted by Gasteiger charge is -2.24. The Hall–Kier alpha value is -1.35. The second kappa shape index (κ2) is 5.32. The normalized spacial score (nSPS) is 11.8. The highest BCUT2D eigenvalue weighted by Crippen LogP contribution is 2.11. The van der Waals surface area contributed by atoms with Crippen molar-refractivity contribution in [3.05, 3.63) is 36.3 Å². The molecule has 2 rings (SSSR count). The number of hydrogen-bond donors (Lipinski definition) is 0. The predicted molar refractivity (Wildman–Crippen MR) is 71.0 cm³/mol. The van der Waals surface area contributed by atoms with Gasteiger partial charge in [-0.1, -0.05) is 19.9 Å². The largest absolute Gasteiger partial charge is 0.307 e. The zero-order valence-electron chi connectivity index (χ0n) is 10.9. The molecule has 2 aromatic heterocycles. The van der Waals surface area contributed by atoms with Crippen molar-refractivity contribution >= 4 is 5.65 Å². The van der Waals surface area contributed by atoms with Crippen molar-refractivity contribution in [3.63, 3.8) is 0 Å². The van der Waals surface area contributed by atoms with E-state index in [9.17, 15) is 0 Å². The highest BCUT2D eigenvalue weighted by Gasteiger charge is 2.12. The van der Waals surface area contributed by atoms with Crippen LogP contribution in [0.3, 0.4) is 0 Å². The van der Waals surface area contributed by atoms with Gasteiger partial charge in [-0.15, -0.1) is 0 Å². The van der Waals surface area contributed by atoms with Crippen molar-refractivity contribution in [2.45, 2.75) is 39.3 Å². The molecule has 0 fully saturated rings. The van der Waals surface area contributed by atoms with Crippen LogP contribution in [0, 0.1) is 0 Å². The molecule has 0 spiro atoms. The molecule has 17 heavy (non-hydrogen) atoms. The molecule has 0 radical (unpaired) electrons. The molecule has 0 unspecified atom stereocenters. The standard InChI is InChI=1S/C14H21N3/c1-4-13(5-2)16(3)10-12-11-17-9-7-6-8-14(17)15-12/h6-9,11,13H,4-5,10H2,1-3H3. The Bertz CT molecular complexity index is 438. The van der Waals surface area contributed by atoms with E-state index in [0.717, 1.165) is 17.9 Å². The van der Waals surface area contributed by atoms with Gasteiger partial charge >= 0.3 is 0 Å². The third kappa shape index (κ3) is 2.67. The fourth-order valence-electron chi connectivity index (χ4n) is 2.36. The first kappa shape index (κ1) is 12.1. The maximum atomic E-state index is 4.62. The fourth-order valence-corrected chi connectivity index (χ4v) is 2.36. The average molecular weight is 231 g/mol. The molecule has 0 aromatic carbocycles. The molecule has 0 amide bonds. The monoisotopic (exact) mass is 231 g/mol. The maximum Gasteiger partial charge on any atom is 0.137 e. The van der Waals surface area contributed by atoms with Crippen molar-refractivity contribution in [3.8, 4) is 0 Å². The number of aromatic nitrogens is 2. The van der Waals surface area contributed by atoms with Gasteiger partial charge < -0.3 is 4.40 Å². The summed E-state index contributed by atoms with van der Waals surface area (Å²) in [5, 5.41) is 0. The Morgan fingerprint density at radius 2 is 2.06 bits per heavy atom. The molecule has 0 N–H and O–H groups in total. The van der Waals surface area contributed by atoms with E-state index < -0.39 is 0 Å². The van der Waals surface area contributed by atoms with Crippen LogP contribution in [0.4, 0.5) is 0 Å². The van der Waals surface area contributed by atoms with Crippen LogP contribution in [0.15, 0.2) is 30.6 Å². The van der Waals surface area contributed by atoms with Crippen LogP contribution in [0.2, 0.25) is 0 Å². The zero-order valence-corrected chi connectivity index (χ0v) is 10.9. The lowest BCUT2D eigenvalue weighted by atomic mass is 10.1. The average Bonchev–Trinajstić information content (AvgIpc) is 2.72. The first-order valence-electron chi connectivity index (χ1n) is 6.37. The fraction of sp³-hybridized carbons (Fsp3) is 0.500. The van der Waals surface area contributed by atoms with Crippen molar-refractivity contribution < 1.29 is 0 Å². The second-order valence-corrected chi connectivity index (χ2v) is 4.58. The molecule has 3 nitrogen and oxygen atoms in total. The highest BCUT2D eigenvalue weighted by atomic mass is 15.1. The molecule has 0 aliphatic rings. The third-order valence-corrected chi connectivity index (χ3v) is 3.39. The lowest BCUT2D eigenvalue weighted by molar-refractivity contribution is 0.219. The highest BCUT2D eigenvalue weighted by molar-refractivity contribution is 5.39. The van der Waals surface area contributed by atoms with E-state index in [2.05, 4.69) is 41.4 Å². The number of pyridine rings is 1. The molecular formula is C14H21N3. The topological polar surface area (TPSA) is 20.5 Å². The van der Waals surface area contributed by atoms with Crippen LogP contribution in [0.5, 0.6) is 0 Å². The molecule has 0 bridgehead atoms. The molecule has 0 atom stereocenters. The van der Waals surface area contributed by atoms with Crippen molar-refractivity contribution in [2.24, 2.45) is 0 Å². The van der Waals surface area contributed by atoms with Gasteiger partial charge in [0.15, 0.2) is 0 Å². The summed E-state index contributed by atoms with van der Waals surface area (Å²) in [7, 11) is 2.18. The molecule has 0 saturated heterocycles. The summed E-state index contributed by atoms with van der Waals surface area (Å²) in [5.74, 6) is 0. The predicted octanol–water partition coefficient (Wildman–Crippen LogP) is 2.95. The molecular weight excluding hydrogens is 210 g/mol. The number of hydrogen-bond acceptors (Lipinski definition) is 2. The number of imidazole rings is 1. The molecule has 0 aliphatic heterocycles. The molecule has 2 aromatic rings. The van der Waals surface area contributed by atoms with Gasteiger partial charge in [0.1, 0.15) is 5.65 Å². The molecule has 0 aliphatic carbocycles. The van der Waals surface area contributed by atoms with Crippen LogP contribution in [-0.2, 0) is 6.54 Å². The Labute approximate surface area is 103 Å². The van der Waals surface area contributed by atoms with E-state index >= 15 is 0 Å². The van der Waals surface area contributed by atoms with Crippen LogP contribution in [0.1, 0.15) is 32.4 Å². The molecule has 2 heterocycles. The van der Waals surface area contributed by atoms with E-state index in [0.29, 0.717) is 6.04 Å². The lowest BCUT2D eigenvalue weighted by Crippen LogP contribution is -2.30. The number of fused-ring (bicyclic) bond motifs is 1.